The summed E-state index contributed by atoms with van der Waals surface area (Å²) in [5, 5.41) is 11.9. The number of ether oxygens (including phenoxy) is 1. The molecule has 9 nitrogen and oxygen atoms in total. The minimum Gasteiger partial charge on any atom is -0.485 e. The summed E-state index contributed by atoms with van der Waals surface area (Å²) in [5.74, 6) is -0.879. The fourth-order valence-corrected chi connectivity index (χ4v) is 2.77. The van der Waals surface area contributed by atoms with Crippen LogP contribution in [0.1, 0.15) is 28.4 Å². The number of carbonyl (C=O) groups excluding carboxylic acids is 1. The number of anilines is 1. The number of hydrogen-bond acceptors (Lipinski definition) is 5. The second-order valence-electron chi connectivity index (χ2n) is 6.55. The van der Waals surface area contributed by atoms with Crippen LogP contribution in [0.4, 0.5) is 11.4 Å². The van der Waals surface area contributed by atoms with E-state index in [0.29, 0.717) is 28.3 Å². The highest BCUT2D eigenvalue weighted by Gasteiger charge is 2.18. The van der Waals surface area contributed by atoms with Gasteiger partial charge in [-0.2, -0.15) is 0 Å². The van der Waals surface area contributed by atoms with Gasteiger partial charge in [-0.05, 0) is 54.6 Å². The van der Waals surface area contributed by atoms with E-state index < -0.39 is 12.1 Å². The number of carboxylic acids is 1. The molecule has 0 aliphatic rings. The molecule has 0 saturated carbocycles. The second kappa shape index (κ2) is 9.88. The molecular weight excluding hydrogens is 398 g/mol. The summed E-state index contributed by atoms with van der Waals surface area (Å²) in [6, 6.07) is 16.6. The van der Waals surface area contributed by atoms with Gasteiger partial charge in [0.2, 0.25) is 0 Å². The molecule has 0 fully saturated rings. The number of aromatic nitrogens is 1. The predicted octanol–water partition coefficient (Wildman–Crippen LogP) is 2.83. The Morgan fingerprint density at radius 3 is 2.35 bits per heavy atom. The van der Waals surface area contributed by atoms with Crippen molar-refractivity contribution in [3.05, 3.63) is 84.2 Å². The summed E-state index contributed by atoms with van der Waals surface area (Å²) >= 11 is 0. The van der Waals surface area contributed by atoms with E-state index in [1.165, 1.54) is 0 Å². The van der Waals surface area contributed by atoms with Crippen molar-refractivity contribution in [2.45, 2.75) is 12.5 Å². The summed E-state index contributed by atoms with van der Waals surface area (Å²) in [5.41, 5.74) is 12.9. The highest BCUT2D eigenvalue weighted by molar-refractivity contribution is 6.04. The van der Waals surface area contributed by atoms with Gasteiger partial charge in [0.15, 0.2) is 5.96 Å². The highest BCUT2D eigenvalue weighted by atomic mass is 16.5. The number of amides is 1. The van der Waals surface area contributed by atoms with E-state index >= 15 is 0 Å². The molecule has 1 amide bonds. The van der Waals surface area contributed by atoms with Crippen LogP contribution in [0.15, 0.2) is 78.0 Å². The Morgan fingerprint density at radius 2 is 1.77 bits per heavy atom. The number of aliphatic carboxylic acids is 1. The Morgan fingerprint density at radius 1 is 1.06 bits per heavy atom. The van der Waals surface area contributed by atoms with E-state index in [9.17, 15) is 9.59 Å². The maximum absolute atomic E-state index is 12.4. The molecule has 1 unspecified atom stereocenters. The summed E-state index contributed by atoms with van der Waals surface area (Å²) in [4.78, 5) is 31.5. The van der Waals surface area contributed by atoms with Crippen LogP contribution in [0.3, 0.4) is 0 Å². The van der Waals surface area contributed by atoms with Crippen LogP contribution in [0, 0.1) is 0 Å². The number of pyridine rings is 1. The molecule has 1 aromatic heterocycles. The Labute approximate surface area is 178 Å². The van der Waals surface area contributed by atoms with Crippen LogP contribution in [0.25, 0.3) is 0 Å². The van der Waals surface area contributed by atoms with Crippen LogP contribution in [0.2, 0.25) is 0 Å². The standard InChI is InChI=1S/C22H21N5O4/c23-22(24)27-17-5-3-14(4-6-17)21(30)26-16-7-9-18(10-8-16)31-19(12-20(28)29)15-2-1-11-25-13-15/h1-11,13,19H,12H2,(H,26,30)(H,28,29)(H4,23,24,27). The zero-order valence-electron chi connectivity index (χ0n) is 16.4. The molecule has 158 valence electrons. The van der Waals surface area contributed by atoms with E-state index in [4.69, 9.17) is 21.3 Å². The minimum atomic E-state index is -0.983. The van der Waals surface area contributed by atoms with Gasteiger partial charge in [0.1, 0.15) is 11.9 Å². The van der Waals surface area contributed by atoms with E-state index in [0.717, 1.165) is 0 Å². The zero-order valence-corrected chi connectivity index (χ0v) is 16.4. The quantitative estimate of drug-likeness (QED) is 0.323. The third-order valence-electron chi connectivity index (χ3n) is 4.19. The van der Waals surface area contributed by atoms with Crippen LogP contribution in [-0.2, 0) is 4.79 Å². The normalized spacial score (nSPS) is 11.2. The molecule has 3 rings (SSSR count). The number of nitrogens with two attached hydrogens (primary N) is 2. The van der Waals surface area contributed by atoms with Gasteiger partial charge in [-0.3, -0.25) is 14.6 Å². The summed E-state index contributed by atoms with van der Waals surface area (Å²) in [6.45, 7) is 0. The van der Waals surface area contributed by atoms with Crippen molar-refractivity contribution in [2.24, 2.45) is 16.5 Å². The molecular formula is C22H21N5O4. The SMILES string of the molecule is NC(N)=Nc1ccc(C(=O)Nc2ccc(OC(CC(=O)O)c3cccnc3)cc2)cc1. The van der Waals surface area contributed by atoms with E-state index in [-0.39, 0.29) is 18.3 Å². The van der Waals surface area contributed by atoms with Crippen molar-refractivity contribution >= 4 is 29.2 Å². The van der Waals surface area contributed by atoms with Crippen LogP contribution in [0.5, 0.6) is 5.75 Å². The number of carbonyl (C=O) groups is 2. The first-order chi connectivity index (χ1) is 14.9. The van der Waals surface area contributed by atoms with Gasteiger partial charge in [-0.15, -0.1) is 0 Å². The van der Waals surface area contributed by atoms with Gasteiger partial charge < -0.3 is 26.6 Å². The fraction of sp³-hybridized carbons (Fsp3) is 0.0909. The van der Waals surface area contributed by atoms with Gasteiger partial charge in [-0.25, -0.2) is 4.99 Å². The molecule has 0 spiro atoms. The lowest BCUT2D eigenvalue weighted by molar-refractivity contribution is -0.138. The van der Waals surface area contributed by atoms with Gasteiger partial charge in [0.25, 0.3) is 5.91 Å². The van der Waals surface area contributed by atoms with Crippen molar-refractivity contribution in [1.29, 1.82) is 0 Å². The molecule has 6 N–H and O–H groups in total. The molecule has 0 saturated heterocycles. The number of guanidine groups is 1. The van der Waals surface area contributed by atoms with Crippen molar-refractivity contribution in [1.82, 2.24) is 4.98 Å². The molecule has 2 aromatic carbocycles. The van der Waals surface area contributed by atoms with Gasteiger partial charge in [0, 0.05) is 29.2 Å². The first-order valence-corrected chi connectivity index (χ1v) is 9.30. The predicted molar refractivity (Wildman–Crippen MR) is 116 cm³/mol. The maximum atomic E-state index is 12.4. The first-order valence-electron chi connectivity index (χ1n) is 9.30. The lowest BCUT2D eigenvalue weighted by Crippen LogP contribution is -2.21. The van der Waals surface area contributed by atoms with Gasteiger partial charge in [0.05, 0.1) is 12.1 Å². The molecule has 1 atom stereocenters. The fourth-order valence-electron chi connectivity index (χ4n) is 2.77. The summed E-state index contributed by atoms with van der Waals surface area (Å²) in [7, 11) is 0. The second-order valence-corrected chi connectivity index (χ2v) is 6.55. The third-order valence-corrected chi connectivity index (χ3v) is 4.19. The van der Waals surface area contributed by atoms with Crippen molar-refractivity contribution in [3.63, 3.8) is 0 Å². The summed E-state index contributed by atoms with van der Waals surface area (Å²) < 4.78 is 5.83. The Hall–Kier alpha value is -4.40. The Balaban J connectivity index is 1.65. The summed E-state index contributed by atoms with van der Waals surface area (Å²) in [6.07, 6.45) is 2.28. The first kappa shape index (κ1) is 21.3. The number of benzene rings is 2. The number of carboxylic acid groups (broad SMARTS) is 1. The Kier molecular flexibility index (Phi) is 6.79. The highest BCUT2D eigenvalue weighted by Crippen LogP contribution is 2.26. The van der Waals surface area contributed by atoms with Crippen LogP contribution >= 0.6 is 0 Å². The van der Waals surface area contributed by atoms with Gasteiger partial charge in [-0.1, -0.05) is 6.07 Å². The lowest BCUT2D eigenvalue weighted by Gasteiger charge is -2.18. The molecule has 9 heteroatoms. The molecule has 1 heterocycles. The number of nitrogens with one attached hydrogen (secondary N) is 1. The topological polar surface area (TPSA) is 153 Å². The van der Waals surface area contributed by atoms with Gasteiger partial charge >= 0.3 is 5.97 Å². The average molecular weight is 419 g/mol. The smallest absolute Gasteiger partial charge is 0.307 e. The zero-order chi connectivity index (χ0) is 22.2. The van der Waals surface area contributed by atoms with Crippen molar-refractivity contribution in [3.8, 4) is 5.75 Å². The van der Waals surface area contributed by atoms with E-state index in [1.807, 2.05) is 0 Å². The maximum Gasteiger partial charge on any atom is 0.307 e. The molecule has 31 heavy (non-hydrogen) atoms. The largest absolute Gasteiger partial charge is 0.485 e. The molecule has 0 radical (unpaired) electrons. The number of hydrogen-bond donors (Lipinski definition) is 4. The van der Waals surface area contributed by atoms with E-state index in [2.05, 4.69) is 15.3 Å². The van der Waals surface area contributed by atoms with Crippen molar-refractivity contribution < 1.29 is 19.4 Å². The lowest BCUT2D eigenvalue weighted by atomic mass is 10.1. The van der Waals surface area contributed by atoms with Crippen molar-refractivity contribution in [2.75, 3.05) is 5.32 Å². The van der Waals surface area contributed by atoms with Crippen LogP contribution < -0.4 is 21.5 Å². The molecule has 0 aliphatic carbocycles. The van der Waals surface area contributed by atoms with E-state index in [1.54, 1.807) is 73.1 Å². The average Bonchev–Trinajstić information content (AvgIpc) is 2.75. The number of nitrogens with zero attached hydrogens (tertiary/aromatic N) is 2. The number of rotatable bonds is 8. The monoisotopic (exact) mass is 419 g/mol. The Bertz CT molecular complexity index is 1060. The molecule has 3 aromatic rings. The number of aliphatic imine (C=N–C) groups is 1. The third kappa shape index (κ3) is 6.29. The van der Waals surface area contributed by atoms with Crippen LogP contribution in [-0.4, -0.2) is 27.9 Å². The molecule has 0 aliphatic heterocycles. The minimum absolute atomic E-state index is 0.0615. The molecule has 0 bridgehead atoms.